The fourth-order valence-corrected chi connectivity index (χ4v) is 4.47. The molecule has 28 heavy (non-hydrogen) atoms. The Bertz CT molecular complexity index is 763. The number of amides is 1. The second kappa shape index (κ2) is 10.2. The van der Waals surface area contributed by atoms with Crippen molar-refractivity contribution in [1.29, 1.82) is 0 Å². The van der Waals surface area contributed by atoms with Crippen LogP contribution in [0.5, 0.6) is 0 Å². The van der Waals surface area contributed by atoms with E-state index in [4.69, 9.17) is 0 Å². The minimum absolute atomic E-state index is 0.0776. The number of carbonyl (C=O) groups excluding carboxylic acids is 1. The van der Waals surface area contributed by atoms with Gasteiger partial charge in [0.05, 0.1) is 11.4 Å². The van der Waals surface area contributed by atoms with E-state index in [-0.39, 0.29) is 23.5 Å². The van der Waals surface area contributed by atoms with Gasteiger partial charge in [0.25, 0.3) is 5.91 Å². The molecule has 0 saturated carbocycles. The van der Waals surface area contributed by atoms with Crippen molar-refractivity contribution < 1.29 is 26.4 Å². The minimum Gasteiger partial charge on any atom is -0.352 e. The number of halogens is 3. The van der Waals surface area contributed by atoms with Crippen LogP contribution in [0.3, 0.4) is 0 Å². The predicted molar refractivity (Wildman–Crippen MR) is 102 cm³/mol. The number of nitrogens with zero attached hydrogens (tertiary/aromatic N) is 2. The highest BCUT2D eigenvalue weighted by Gasteiger charge is 2.29. The molecule has 0 aromatic heterocycles. The zero-order chi connectivity index (χ0) is 21.5. The number of sulfonamides is 1. The summed E-state index contributed by atoms with van der Waals surface area (Å²) in [5, 5.41) is 2.62. The maximum atomic E-state index is 12.7. The van der Waals surface area contributed by atoms with E-state index in [0.29, 0.717) is 25.1 Å². The van der Waals surface area contributed by atoms with Crippen molar-refractivity contribution in [2.75, 3.05) is 39.8 Å². The van der Waals surface area contributed by atoms with Gasteiger partial charge in [0, 0.05) is 25.2 Å². The third kappa shape index (κ3) is 7.06. The molecule has 6 nitrogen and oxygen atoms in total. The number of aryl methyl sites for hydroxylation is 1. The summed E-state index contributed by atoms with van der Waals surface area (Å²) in [6.45, 7) is 5.13. The molecule has 0 radical (unpaired) electrons. The van der Waals surface area contributed by atoms with Crippen LogP contribution in [0.2, 0.25) is 0 Å². The normalized spacial score (nSPS) is 12.6. The Morgan fingerprint density at radius 1 is 1.18 bits per heavy atom. The van der Waals surface area contributed by atoms with Gasteiger partial charge in [-0.05, 0) is 44.6 Å². The van der Waals surface area contributed by atoms with Crippen LogP contribution >= 0.6 is 0 Å². The molecule has 0 heterocycles. The molecule has 0 atom stereocenters. The molecule has 1 aromatic carbocycles. The molecule has 0 aliphatic carbocycles. The van der Waals surface area contributed by atoms with Crippen molar-refractivity contribution in [2.45, 2.75) is 38.3 Å². The maximum absolute atomic E-state index is 12.7. The summed E-state index contributed by atoms with van der Waals surface area (Å²) in [5.74, 6) is -0.463. The molecule has 1 rings (SSSR count). The van der Waals surface area contributed by atoms with Gasteiger partial charge < -0.3 is 5.32 Å². The van der Waals surface area contributed by atoms with Crippen LogP contribution in [0, 0.1) is 6.92 Å². The molecule has 0 fully saturated rings. The van der Waals surface area contributed by atoms with Gasteiger partial charge in [-0.2, -0.15) is 17.5 Å². The molecule has 1 N–H and O–H groups in total. The Morgan fingerprint density at radius 3 is 2.32 bits per heavy atom. The minimum atomic E-state index is -4.26. The van der Waals surface area contributed by atoms with Gasteiger partial charge in [0.2, 0.25) is 10.0 Å². The first-order valence-corrected chi connectivity index (χ1v) is 10.5. The summed E-state index contributed by atoms with van der Waals surface area (Å²) in [7, 11) is -2.34. The largest absolute Gasteiger partial charge is 0.401 e. The van der Waals surface area contributed by atoms with Gasteiger partial charge in [-0.3, -0.25) is 9.69 Å². The highest BCUT2D eigenvalue weighted by Crippen LogP contribution is 2.21. The molecular weight excluding hydrogens is 395 g/mol. The van der Waals surface area contributed by atoms with E-state index < -0.39 is 28.7 Å². The SMILES string of the molecule is CCN(CC)S(=O)(=O)c1cc(C(=O)NCCCN(C)CC(F)(F)F)ccc1C. The number of hydrogen-bond acceptors (Lipinski definition) is 4. The third-order valence-electron chi connectivity index (χ3n) is 4.22. The Balaban J connectivity index is 2.75. The van der Waals surface area contributed by atoms with Crippen LogP contribution in [0.1, 0.15) is 36.2 Å². The lowest BCUT2D eigenvalue weighted by Gasteiger charge is -2.20. The summed E-state index contributed by atoms with van der Waals surface area (Å²) in [4.78, 5) is 13.5. The van der Waals surface area contributed by atoms with Crippen molar-refractivity contribution in [3.63, 3.8) is 0 Å². The molecule has 0 unspecified atom stereocenters. The van der Waals surface area contributed by atoms with Crippen LogP contribution in [-0.4, -0.2) is 69.5 Å². The Hall–Kier alpha value is -1.65. The molecular formula is C18H28F3N3O3S. The third-order valence-corrected chi connectivity index (χ3v) is 6.42. The second-order valence-electron chi connectivity index (χ2n) is 6.53. The lowest BCUT2D eigenvalue weighted by Crippen LogP contribution is -2.34. The monoisotopic (exact) mass is 423 g/mol. The summed E-state index contributed by atoms with van der Waals surface area (Å²) < 4.78 is 63.6. The first-order chi connectivity index (χ1) is 12.9. The van der Waals surface area contributed by atoms with Gasteiger partial charge in [-0.15, -0.1) is 0 Å². The van der Waals surface area contributed by atoms with Gasteiger partial charge in [0.1, 0.15) is 0 Å². The van der Waals surface area contributed by atoms with Crippen LogP contribution in [0.15, 0.2) is 23.1 Å². The summed E-state index contributed by atoms with van der Waals surface area (Å²) in [6.07, 6.45) is -3.92. The first-order valence-electron chi connectivity index (χ1n) is 9.06. The van der Waals surface area contributed by atoms with E-state index in [9.17, 15) is 26.4 Å². The Kier molecular flexibility index (Phi) is 8.90. The number of alkyl halides is 3. The highest BCUT2D eigenvalue weighted by atomic mass is 32.2. The second-order valence-corrected chi connectivity index (χ2v) is 8.44. The standard InChI is InChI=1S/C18H28F3N3O3S/c1-5-24(6-2)28(26,27)16-12-15(9-8-14(16)3)17(25)22-10-7-11-23(4)13-18(19,20)21/h8-9,12H,5-7,10-11,13H2,1-4H3,(H,22,25). The Morgan fingerprint density at radius 2 is 1.79 bits per heavy atom. The molecule has 160 valence electrons. The molecule has 10 heteroatoms. The van der Waals surface area contributed by atoms with Crippen molar-refractivity contribution in [3.05, 3.63) is 29.3 Å². The van der Waals surface area contributed by atoms with Gasteiger partial charge in [0.15, 0.2) is 0 Å². The molecule has 0 bridgehead atoms. The number of hydrogen-bond donors (Lipinski definition) is 1. The van der Waals surface area contributed by atoms with Crippen LogP contribution < -0.4 is 5.32 Å². The van der Waals surface area contributed by atoms with Gasteiger partial charge in [-0.25, -0.2) is 8.42 Å². The number of nitrogens with one attached hydrogen (secondary N) is 1. The van der Waals surface area contributed by atoms with E-state index in [1.165, 1.54) is 23.5 Å². The van der Waals surface area contributed by atoms with Gasteiger partial charge in [-0.1, -0.05) is 19.9 Å². The van der Waals surface area contributed by atoms with Crippen molar-refractivity contribution >= 4 is 15.9 Å². The average molecular weight is 424 g/mol. The van der Waals surface area contributed by atoms with E-state index in [1.54, 1.807) is 26.8 Å². The maximum Gasteiger partial charge on any atom is 0.401 e. The van der Waals surface area contributed by atoms with Crippen LogP contribution in [0.4, 0.5) is 13.2 Å². The van der Waals surface area contributed by atoms with E-state index >= 15 is 0 Å². The Labute approximate surface area is 164 Å². The number of benzene rings is 1. The quantitative estimate of drug-likeness (QED) is 0.588. The molecule has 0 saturated heterocycles. The van der Waals surface area contributed by atoms with Gasteiger partial charge >= 0.3 is 6.18 Å². The molecule has 0 aliphatic rings. The van der Waals surface area contributed by atoms with E-state index in [0.717, 1.165) is 4.90 Å². The predicted octanol–water partition coefficient (Wildman–Crippen LogP) is 2.64. The average Bonchev–Trinajstić information content (AvgIpc) is 2.58. The molecule has 1 aromatic rings. The zero-order valence-electron chi connectivity index (χ0n) is 16.6. The fraction of sp³-hybridized carbons (Fsp3) is 0.611. The van der Waals surface area contributed by atoms with E-state index in [1.807, 2.05) is 0 Å². The lowest BCUT2D eigenvalue weighted by atomic mass is 10.1. The lowest BCUT2D eigenvalue weighted by molar-refractivity contribution is -0.143. The molecule has 0 aliphatic heterocycles. The first kappa shape index (κ1) is 24.4. The molecule has 1 amide bonds. The van der Waals surface area contributed by atoms with Crippen LogP contribution in [0.25, 0.3) is 0 Å². The number of rotatable bonds is 10. The zero-order valence-corrected chi connectivity index (χ0v) is 17.5. The highest BCUT2D eigenvalue weighted by molar-refractivity contribution is 7.89. The summed E-state index contributed by atoms with van der Waals surface area (Å²) in [6, 6.07) is 4.44. The summed E-state index contributed by atoms with van der Waals surface area (Å²) in [5.41, 5.74) is 0.734. The topological polar surface area (TPSA) is 69.7 Å². The van der Waals surface area contributed by atoms with Crippen molar-refractivity contribution in [2.24, 2.45) is 0 Å². The smallest absolute Gasteiger partial charge is 0.352 e. The van der Waals surface area contributed by atoms with E-state index in [2.05, 4.69) is 5.32 Å². The fourth-order valence-electron chi connectivity index (χ4n) is 2.76. The van der Waals surface area contributed by atoms with Crippen molar-refractivity contribution in [1.82, 2.24) is 14.5 Å². The number of carbonyl (C=O) groups is 1. The van der Waals surface area contributed by atoms with Crippen molar-refractivity contribution in [3.8, 4) is 0 Å². The summed E-state index contributed by atoms with van der Waals surface area (Å²) >= 11 is 0. The van der Waals surface area contributed by atoms with Crippen LogP contribution in [-0.2, 0) is 10.0 Å². The molecule has 0 spiro atoms.